The van der Waals surface area contributed by atoms with Gasteiger partial charge in [-0.1, -0.05) is 97.1 Å². The molecule has 1 N–H and O–H groups in total. The van der Waals surface area contributed by atoms with E-state index in [1.54, 1.807) is 0 Å². The van der Waals surface area contributed by atoms with Crippen molar-refractivity contribution in [3.8, 4) is 0 Å². The van der Waals surface area contributed by atoms with Crippen molar-refractivity contribution in [3.63, 3.8) is 0 Å². The SMILES string of the molecule is CC(C)(Cc1ccccc1)OC(OC(C)(C)Cc1ccccc1)c1ccc(NC(=O)OCc2ccc(B3OC(C)(C)C(C)(C)O3)cc2)cc1. The second-order valence-electron chi connectivity index (χ2n) is 15.1. The van der Waals surface area contributed by atoms with Crippen LogP contribution in [0.15, 0.2) is 109 Å². The molecule has 1 aliphatic rings. The summed E-state index contributed by atoms with van der Waals surface area (Å²) in [4.78, 5) is 12.7. The molecule has 0 aliphatic carbocycles. The second-order valence-corrected chi connectivity index (χ2v) is 15.1. The van der Waals surface area contributed by atoms with Crippen LogP contribution in [0.5, 0.6) is 0 Å². The standard InChI is InChI=1S/C41H50BNO6/c1-38(2,27-30-15-11-9-12-16-30)46-36(47-39(3,4)28-31-17-13-10-14-18-31)33-21-25-35(26-22-33)43-37(44)45-29-32-19-23-34(24-20-32)42-48-40(5,6)41(7,8)49-42/h9-26,36H,27-29H2,1-8H3,(H,43,44). The molecule has 0 atom stereocenters. The Kier molecular flexibility index (Phi) is 11.0. The van der Waals surface area contributed by atoms with E-state index < -0.39 is 41.9 Å². The first kappa shape index (κ1) is 36.3. The van der Waals surface area contributed by atoms with Gasteiger partial charge < -0.3 is 23.5 Å². The molecule has 4 aromatic rings. The average Bonchev–Trinajstić information content (AvgIpc) is 3.26. The smallest absolute Gasteiger partial charge is 0.444 e. The monoisotopic (exact) mass is 663 g/mol. The van der Waals surface area contributed by atoms with E-state index in [0.29, 0.717) is 5.69 Å². The van der Waals surface area contributed by atoms with E-state index in [1.165, 1.54) is 11.1 Å². The van der Waals surface area contributed by atoms with Crippen molar-refractivity contribution in [1.82, 2.24) is 0 Å². The van der Waals surface area contributed by atoms with Gasteiger partial charge in [0.05, 0.1) is 22.4 Å². The zero-order chi connectivity index (χ0) is 35.3. The molecule has 0 bridgehead atoms. The van der Waals surface area contributed by atoms with Crippen molar-refractivity contribution in [2.45, 2.75) is 104 Å². The Labute approximate surface area is 292 Å². The van der Waals surface area contributed by atoms with Crippen molar-refractivity contribution in [2.75, 3.05) is 5.32 Å². The van der Waals surface area contributed by atoms with Crippen LogP contribution in [-0.4, -0.2) is 35.6 Å². The third-order valence-corrected chi connectivity index (χ3v) is 9.10. The van der Waals surface area contributed by atoms with Gasteiger partial charge in [0.1, 0.15) is 6.61 Å². The largest absolute Gasteiger partial charge is 0.494 e. The third kappa shape index (κ3) is 10.0. The fourth-order valence-electron chi connectivity index (χ4n) is 5.77. The van der Waals surface area contributed by atoms with Crippen molar-refractivity contribution >= 4 is 24.4 Å². The number of carbonyl (C=O) groups is 1. The number of hydrogen-bond donors (Lipinski definition) is 1. The molecule has 0 spiro atoms. The minimum atomic E-state index is -0.640. The van der Waals surface area contributed by atoms with Gasteiger partial charge in [-0.05, 0) is 89.7 Å². The van der Waals surface area contributed by atoms with Crippen molar-refractivity contribution < 1.29 is 28.3 Å². The lowest BCUT2D eigenvalue weighted by atomic mass is 9.79. The van der Waals surface area contributed by atoms with Gasteiger partial charge in [0.25, 0.3) is 0 Å². The number of rotatable bonds is 13. The van der Waals surface area contributed by atoms with Crippen LogP contribution in [0, 0.1) is 0 Å². The summed E-state index contributed by atoms with van der Waals surface area (Å²) in [5.74, 6) is 0. The van der Waals surface area contributed by atoms with Gasteiger partial charge in [-0.3, -0.25) is 5.32 Å². The third-order valence-electron chi connectivity index (χ3n) is 9.10. The van der Waals surface area contributed by atoms with Gasteiger partial charge in [0.2, 0.25) is 0 Å². The fraction of sp³-hybridized carbons (Fsp3) is 0.390. The number of hydrogen-bond acceptors (Lipinski definition) is 6. The quantitative estimate of drug-likeness (QED) is 0.114. The lowest BCUT2D eigenvalue weighted by Gasteiger charge is -2.36. The number of benzene rings is 4. The highest BCUT2D eigenvalue weighted by molar-refractivity contribution is 6.62. The highest BCUT2D eigenvalue weighted by Crippen LogP contribution is 2.37. The van der Waals surface area contributed by atoms with Crippen LogP contribution in [0.3, 0.4) is 0 Å². The van der Waals surface area contributed by atoms with Crippen molar-refractivity contribution in [3.05, 3.63) is 131 Å². The minimum absolute atomic E-state index is 0.129. The van der Waals surface area contributed by atoms with Crippen LogP contribution < -0.4 is 10.8 Å². The molecule has 49 heavy (non-hydrogen) atoms. The predicted molar refractivity (Wildman–Crippen MR) is 196 cm³/mol. The van der Waals surface area contributed by atoms with E-state index in [4.69, 9.17) is 23.5 Å². The maximum atomic E-state index is 12.7. The first-order valence-electron chi connectivity index (χ1n) is 17.0. The molecule has 0 radical (unpaired) electrons. The second kappa shape index (κ2) is 14.9. The van der Waals surface area contributed by atoms with Gasteiger partial charge in [0.15, 0.2) is 6.29 Å². The Balaban J connectivity index is 1.21. The minimum Gasteiger partial charge on any atom is -0.444 e. The summed E-state index contributed by atoms with van der Waals surface area (Å²) in [5.41, 5.74) is 3.77. The van der Waals surface area contributed by atoms with Crippen LogP contribution >= 0.6 is 0 Å². The summed E-state index contributed by atoms with van der Waals surface area (Å²) in [6, 6.07) is 35.9. The summed E-state index contributed by atoms with van der Waals surface area (Å²) in [6.45, 7) is 16.6. The zero-order valence-corrected chi connectivity index (χ0v) is 30.1. The van der Waals surface area contributed by atoms with E-state index in [2.05, 4.69) is 57.3 Å². The Bertz CT molecular complexity index is 1580. The molecule has 0 saturated carbocycles. The maximum Gasteiger partial charge on any atom is 0.494 e. The van der Waals surface area contributed by atoms with Crippen molar-refractivity contribution in [1.29, 1.82) is 0 Å². The molecule has 4 aromatic carbocycles. The fourth-order valence-corrected chi connectivity index (χ4v) is 5.77. The van der Waals surface area contributed by atoms with Crippen LogP contribution in [-0.2, 0) is 43.0 Å². The normalized spacial score (nSPS) is 15.7. The van der Waals surface area contributed by atoms with Gasteiger partial charge in [0, 0.05) is 24.1 Å². The van der Waals surface area contributed by atoms with Crippen LogP contribution in [0.1, 0.15) is 83.9 Å². The maximum absolute atomic E-state index is 12.7. The summed E-state index contributed by atoms with van der Waals surface area (Å²) in [5, 5.41) is 2.83. The summed E-state index contributed by atoms with van der Waals surface area (Å²) < 4.78 is 31.2. The van der Waals surface area contributed by atoms with Crippen molar-refractivity contribution in [2.24, 2.45) is 0 Å². The predicted octanol–water partition coefficient (Wildman–Crippen LogP) is 8.81. The van der Waals surface area contributed by atoms with E-state index in [9.17, 15) is 4.79 Å². The number of anilines is 1. The lowest BCUT2D eigenvalue weighted by Crippen LogP contribution is -2.41. The van der Waals surface area contributed by atoms with E-state index >= 15 is 0 Å². The number of carbonyl (C=O) groups excluding carboxylic acids is 1. The molecule has 5 rings (SSSR count). The molecule has 0 aromatic heterocycles. The van der Waals surface area contributed by atoms with Crippen LogP contribution in [0.2, 0.25) is 0 Å². The number of ether oxygens (including phenoxy) is 3. The molecule has 7 nitrogen and oxygen atoms in total. The zero-order valence-electron chi connectivity index (χ0n) is 30.1. The van der Waals surface area contributed by atoms with Gasteiger partial charge in [-0.25, -0.2) is 4.79 Å². The Morgan fingerprint density at radius 1 is 0.673 bits per heavy atom. The number of nitrogens with one attached hydrogen (secondary N) is 1. The first-order chi connectivity index (χ1) is 23.1. The van der Waals surface area contributed by atoms with Gasteiger partial charge in [-0.2, -0.15) is 0 Å². The molecule has 8 heteroatoms. The summed E-state index contributed by atoms with van der Waals surface area (Å²) in [7, 11) is -0.438. The Hall–Kier alpha value is -3.95. The molecule has 1 saturated heterocycles. The Morgan fingerprint density at radius 3 is 1.61 bits per heavy atom. The first-order valence-corrected chi connectivity index (χ1v) is 17.0. The van der Waals surface area contributed by atoms with Crippen LogP contribution in [0.25, 0.3) is 0 Å². The molecule has 258 valence electrons. The molecule has 1 aliphatic heterocycles. The highest BCUT2D eigenvalue weighted by atomic mass is 16.7. The Morgan fingerprint density at radius 2 is 1.14 bits per heavy atom. The van der Waals surface area contributed by atoms with E-state index in [1.807, 2.05) is 113 Å². The summed E-state index contributed by atoms with van der Waals surface area (Å²) >= 11 is 0. The average molecular weight is 664 g/mol. The van der Waals surface area contributed by atoms with Gasteiger partial charge >= 0.3 is 13.2 Å². The van der Waals surface area contributed by atoms with Gasteiger partial charge in [-0.15, -0.1) is 0 Å². The topological polar surface area (TPSA) is 75.3 Å². The van der Waals surface area contributed by atoms with Crippen LogP contribution in [0.4, 0.5) is 10.5 Å². The molecule has 1 amide bonds. The lowest BCUT2D eigenvalue weighted by molar-refractivity contribution is -0.246. The van der Waals surface area contributed by atoms with E-state index in [-0.39, 0.29) is 6.61 Å². The highest BCUT2D eigenvalue weighted by Gasteiger charge is 2.51. The number of amides is 1. The summed E-state index contributed by atoms with van der Waals surface area (Å²) in [6.07, 6.45) is 0.261. The molecular weight excluding hydrogens is 613 g/mol. The molecule has 1 fully saturated rings. The molecule has 1 heterocycles. The molecular formula is C41H50BNO6. The molecule has 0 unspecified atom stereocenters. The van der Waals surface area contributed by atoms with E-state index in [0.717, 1.165) is 29.4 Å².